The fraction of sp³-hybridized carbons (Fsp3) is 0.400. The number of ether oxygens (including phenoxy) is 2. The maximum atomic E-state index is 13.0. The molecule has 0 spiro atoms. The summed E-state index contributed by atoms with van der Waals surface area (Å²) in [5.41, 5.74) is 1.59. The zero-order valence-electron chi connectivity index (χ0n) is 19.4. The van der Waals surface area contributed by atoms with Gasteiger partial charge in [0.2, 0.25) is 0 Å². The zero-order valence-corrected chi connectivity index (χ0v) is 19.4. The predicted octanol–water partition coefficient (Wildman–Crippen LogP) is 4.54. The van der Waals surface area contributed by atoms with Crippen molar-refractivity contribution in [3.8, 4) is 0 Å². The van der Waals surface area contributed by atoms with Crippen LogP contribution in [0.1, 0.15) is 25.0 Å². The molecule has 0 unspecified atom stereocenters. The number of carbonyl (C=O) groups is 1. The molecule has 0 bridgehead atoms. The first-order valence-electron chi connectivity index (χ1n) is 11.3. The number of nitrogens with one attached hydrogen (secondary N) is 2. The number of esters is 1. The number of anilines is 2. The number of alkyl halides is 3. The highest BCUT2D eigenvalue weighted by molar-refractivity contribution is 6.18. The van der Waals surface area contributed by atoms with E-state index >= 15 is 0 Å². The van der Waals surface area contributed by atoms with E-state index in [1.54, 1.807) is 0 Å². The number of rotatable bonds is 12. The van der Waals surface area contributed by atoms with Gasteiger partial charge in [-0.15, -0.1) is 0 Å². The van der Waals surface area contributed by atoms with Gasteiger partial charge in [0.25, 0.3) is 0 Å². The van der Waals surface area contributed by atoms with Crippen molar-refractivity contribution in [2.24, 2.45) is 0 Å². The molecule has 0 saturated heterocycles. The molecule has 2 N–H and O–H groups in total. The zero-order chi connectivity index (χ0) is 24.6. The molecule has 34 heavy (non-hydrogen) atoms. The van der Waals surface area contributed by atoms with Crippen molar-refractivity contribution in [2.45, 2.75) is 20.0 Å². The number of nitrogens with zero attached hydrogens (tertiary/aromatic N) is 1. The third-order valence-electron chi connectivity index (χ3n) is 5.48. The van der Waals surface area contributed by atoms with Crippen LogP contribution in [0.15, 0.2) is 54.3 Å². The van der Waals surface area contributed by atoms with Gasteiger partial charge < -0.3 is 25.0 Å². The van der Waals surface area contributed by atoms with Gasteiger partial charge in [-0.1, -0.05) is 24.3 Å². The lowest BCUT2D eigenvalue weighted by molar-refractivity contribution is -0.138. The molecule has 0 aromatic heterocycles. The van der Waals surface area contributed by atoms with Gasteiger partial charge in [-0.05, 0) is 43.7 Å². The Morgan fingerprint density at radius 2 is 1.79 bits per heavy atom. The Bertz CT molecular complexity index is 1000. The van der Waals surface area contributed by atoms with Gasteiger partial charge >= 0.3 is 12.1 Å². The highest BCUT2D eigenvalue weighted by Gasteiger charge is 2.33. The van der Waals surface area contributed by atoms with Crippen molar-refractivity contribution in [2.75, 3.05) is 56.2 Å². The molecular formula is C25H30F3N3O3. The molecule has 0 aliphatic carbocycles. The number of carbonyl (C=O) groups excluding carboxylic acids is 1. The van der Waals surface area contributed by atoms with Gasteiger partial charge in [0, 0.05) is 32.7 Å². The average Bonchev–Trinajstić information content (AvgIpc) is 3.19. The maximum absolute atomic E-state index is 13.0. The van der Waals surface area contributed by atoms with Crippen molar-refractivity contribution in [1.29, 1.82) is 0 Å². The number of para-hydroxylation sites is 2. The second-order valence-corrected chi connectivity index (χ2v) is 7.67. The molecule has 184 valence electrons. The topological polar surface area (TPSA) is 62.8 Å². The summed E-state index contributed by atoms with van der Waals surface area (Å²) in [4.78, 5) is 14.4. The number of hydrogen-bond donors (Lipinski definition) is 2. The fourth-order valence-electron chi connectivity index (χ4n) is 3.75. The fourth-order valence-corrected chi connectivity index (χ4v) is 3.75. The molecule has 1 aliphatic heterocycles. The Hall–Kier alpha value is -3.20. The van der Waals surface area contributed by atoms with Gasteiger partial charge in [0.15, 0.2) is 0 Å². The van der Waals surface area contributed by atoms with Crippen molar-refractivity contribution in [3.05, 3.63) is 65.4 Å². The second-order valence-electron chi connectivity index (χ2n) is 7.67. The van der Waals surface area contributed by atoms with Crippen molar-refractivity contribution in [3.63, 3.8) is 0 Å². The summed E-state index contributed by atoms with van der Waals surface area (Å²) >= 11 is 0. The summed E-state index contributed by atoms with van der Waals surface area (Å²) in [6.07, 6.45) is -4.50. The Morgan fingerprint density at radius 3 is 2.53 bits per heavy atom. The number of hydrogen-bond acceptors (Lipinski definition) is 6. The third-order valence-corrected chi connectivity index (χ3v) is 5.48. The molecule has 2 aromatic carbocycles. The molecule has 0 atom stereocenters. The Morgan fingerprint density at radius 1 is 1.03 bits per heavy atom. The summed E-state index contributed by atoms with van der Waals surface area (Å²) in [7, 11) is 0. The lowest BCUT2D eigenvalue weighted by atomic mass is 10.0. The van der Waals surface area contributed by atoms with Crippen LogP contribution in [-0.4, -0.2) is 51.9 Å². The van der Waals surface area contributed by atoms with Crippen molar-refractivity contribution in [1.82, 2.24) is 5.32 Å². The number of cyclic esters (lactones) is 1. The van der Waals surface area contributed by atoms with Crippen LogP contribution in [-0.2, 0) is 20.4 Å². The maximum Gasteiger partial charge on any atom is 0.416 e. The SMILES string of the molecule is CCN(CC)c1ccccc1NCCNCCOC1=C(c2cccc(C(F)(F)F)c2)C(=O)OC1. The summed E-state index contributed by atoms with van der Waals surface area (Å²) in [6, 6.07) is 12.8. The molecule has 1 heterocycles. The van der Waals surface area contributed by atoms with E-state index in [0.29, 0.717) is 19.6 Å². The largest absolute Gasteiger partial charge is 0.492 e. The lowest BCUT2D eigenvalue weighted by Crippen LogP contribution is -2.27. The lowest BCUT2D eigenvalue weighted by Gasteiger charge is -2.24. The standard InChI is InChI=1S/C25H30F3N3O3/c1-3-31(4-2)21-11-6-5-10-20(21)30-13-12-29-14-15-33-22-17-34-24(32)23(22)18-8-7-9-19(16-18)25(26,27)28/h5-11,16,29-30H,3-4,12-15,17H2,1-2H3. The van der Waals surface area contributed by atoms with Crippen LogP contribution in [0.4, 0.5) is 24.5 Å². The van der Waals surface area contributed by atoms with Crippen LogP contribution in [0.5, 0.6) is 0 Å². The predicted molar refractivity (Wildman–Crippen MR) is 127 cm³/mol. The third kappa shape index (κ3) is 6.44. The molecule has 2 aromatic rings. The molecule has 0 saturated carbocycles. The minimum absolute atomic E-state index is 0.0424. The van der Waals surface area contributed by atoms with Crippen LogP contribution >= 0.6 is 0 Å². The summed E-state index contributed by atoms with van der Waals surface area (Å²) < 4.78 is 49.8. The van der Waals surface area contributed by atoms with E-state index < -0.39 is 17.7 Å². The van der Waals surface area contributed by atoms with Gasteiger partial charge in [0.1, 0.15) is 24.5 Å². The molecule has 0 amide bonds. The summed E-state index contributed by atoms with van der Waals surface area (Å²) in [5, 5.41) is 6.69. The average molecular weight is 478 g/mol. The van der Waals surface area contributed by atoms with E-state index in [-0.39, 0.29) is 30.1 Å². The monoisotopic (exact) mass is 477 g/mol. The molecule has 0 radical (unpaired) electrons. The Kier molecular flexibility index (Phi) is 8.81. The van der Waals surface area contributed by atoms with Crippen LogP contribution in [0.2, 0.25) is 0 Å². The van der Waals surface area contributed by atoms with Crippen LogP contribution in [0, 0.1) is 0 Å². The van der Waals surface area contributed by atoms with Crippen molar-refractivity contribution < 1.29 is 27.4 Å². The van der Waals surface area contributed by atoms with Crippen molar-refractivity contribution >= 4 is 22.9 Å². The molecular weight excluding hydrogens is 447 g/mol. The van der Waals surface area contributed by atoms with E-state index in [1.807, 2.05) is 12.1 Å². The first-order chi connectivity index (χ1) is 16.3. The van der Waals surface area contributed by atoms with E-state index in [0.717, 1.165) is 36.6 Å². The highest BCUT2D eigenvalue weighted by Crippen LogP contribution is 2.33. The molecule has 6 nitrogen and oxygen atoms in total. The summed E-state index contributed by atoms with van der Waals surface area (Å²) in [6.45, 7) is 8.16. The number of benzene rings is 2. The van der Waals surface area contributed by atoms with Gasteiger partial charge in [0.05, 0.1) is 16.9 Å². The van der Waals surface area contributed by atoms with E-state index in [1.165, 1.54) is 12.1 Å². The smallest absolute Gasteiger partial charge is 0.416 e. The van der Waals surface area contributed by atoms with Gasteiger partial charge in [-0.3, -0.25) is 0 Å². The van der Waals surface area contributed by atoms with E-state index in [2.05, 4.69) is 41.5 Å². The highest BCUT2D eigenvalue weighted by atomic mass is 19.4. The Labute approximate surface area is 197 Å². The first kappa shape index (κ1) is 25.4. The van der Waals surface area contributed by atoms with E-state index in [9.17, 15) is 18.0 Å². The minimum Gasteiger partial charge on any atom is -0.492 e. The molecule has 9 heteroatoms. The minimum atomic E-state index is -4.50. The number of halogens is 3. The van der Waals surface area contributed by atoms with Gasteiger partial charge in [-0.25, -0.2) is 4.79 Å². The molecule has 1 aliphatic rings. The Balaban J connectivity index is 1.49. The normalized spacial score (nSPS) is 13.7. The van der Waals surface area contributed by atoms with Crippen LogP contribution in [0.3, 0.4) is 0 Å². The molecule has 0 fully saturated rings. The van der Waals surface area contributed by atoms with Crippen LogP contribution < -0.4 is 15.5 Å². The first-order valence-corrected chi connectivity index (χ1v) is 11.3. The quantitative estimate of drug-likeness (QED) is 0.346. The van der Waals surface area contributed by atoms with Crippen LogP contribution in [0.25, 0.3) is 5.57 Å². The van der Waals surface area contributed by atoms with E-state index in [4.69, 9.17) is 9.47 Å². The molecule has 3 rings (SSSR count). The summed E-state index contributed by atoms with van der Waals surface area (Å²) in [5.74, 6) is -0.434. The van der Waals surface area contributed by atoms with Gasteiger partial charge in [-0.2, -0.15) is 13.2 Å². The second kappa shape index (κ2) is 11.8.